The second-order valence-corrected chi connectivity index (χ2v) is 5.37. The molecule has 1 atom stereocenters. The molecule has 0 amide bonds. The molecule has 0 aliphatic carbocycles. The monoisotopic (exact) mass is 273 g/mol. The summed E-state index contributed by atoms with van der Waals surface area (Å²) in [5.41, 5.74) is 0.701. The van der Waals surface area contributed by atoms with Gasteiger partial charge in [-0.25, -0.2) is 9.97 Å². The van der Waals surface area contributed by atoms with E-state index in [4.69, 9.17) is 4.52 Å². The van der Waals surface area contributed by atoms with Crippen LogP contribution in [0, 0.1) is 6.92 Å². The van der Waals surface area contributed by atoms with E-state index < -0.39 is 0 Å². The molecule has 2 aromatic heterocycles. The fourth-order valence-electron chi connectivity index (χ4n) is 2.85. The summed E-state index contributed by atoms with van der Waals surface area (Å²) in [6.07, 6.45) is 4.92. The molecule has 1 saturated heterocycles. The summed E-state index contributed by atoms with van der Waals surface area (Å²) in [5, 5.41) is 7.50. The molecule has 0 aromatic carbocycles. The normalized spacial score (nSPS) is 22.3. The summed E-state index contributed by atoms with van der Waals surface area (Å²) >= 11 is 0. The number of nitrogens with one attached hydrogen (secondary N) is 1. The van der Waals surface area contributed by atoms with Crippen LogP contribution in [0.15, 0.2) is 16.8 Å². The highest BCUT2D eigenvalue weighted by molar-refractivity contribution is 5.47. The van der Waals surface area contributed by atoms with Gasteiger partial charge in [0.2, 0.25) is 11.7 Å². The number of nitrogens with zero attached hydrogens (tertiary/aromatic N) is 4. The van der Waals surface area contributed by atoms with Crippen LogP contribution in [0.3, 0.4) is 0 Å². The van der Waals surface area contributed by atoms with E-state index in [1.807, 2.05) is 6.92 Å². The summed E-state index contributed by atoms with van der Waals surface area (Å²) in [6.45, 7) is 5.95. The maximum absolute atomic E-state index is 5.54. The molecule has 1 aliphatic rings. The predicted molar refractivity (Wildman–Crippen MR) is 74.1 cm³/mol. The summed E-state index contributed by atoms with van der Waals surface area (Å²) in [5.74, 6) is 1.99. The van der Waals surface area contributed by atoms with Gasteiger partial charge in [-0.2, -0.15) is 4.98 Å². The minimum Gasteiger partial charge on any atom is -0.338 e. The molecular formula is C14H19N5O. The van der Waals surface area contributed by atoms with Crippen LogP contribution in [0.2, 0.25) is 0 Å². The highest BCUT2D eigenvalue weighted by atomic mass is 16.5. The Morgan fingerprint density at radius 3 is 3.00 bits per heavy atom. The SMILES string of the molecule is CCCC1(c2nc(-c3ccnc(C)n3)no2)CCNC1. The van der Waals surface area contributed by atoms with Gasteiger partial charge in [-0.3, -0.25) is 0 Å². The van der Waals surface area contributed by atoms with Crippen molar-refractivity contribution in [2.24, 2.45) is 0 Å². The van der Waals surface area contributed by atoms with Gasteiger partial charge in [0.15, 0.2) is 0 Å². The molecule has 0 saturated carbocycles. The minimum absolute atomic E-state index is 0.0118. The zero-order valence-corrected chi connectivity index (χ0v) is 11.9. The van der Waals surface area contributed by atoms with E-state index in [9.17, 15) is 0 Å². The van der Waals surface area contributed by atoms with Gasteiger partial charge in [0.25, 0.3) is 0 Å². The second kappa shape index (κ2) is 5.28. The topological polar surface area (TPSA) is 76.7 Å². The third-order valence-electron chi connectivity index (χ3n) is 3.86. The third-order valence-corrected chi connectivity index (χ3v) is 3.86. The van der Waals surface area contributed by atoms with Crippen LogP contribution in [0.25, 0.3) is 11.5 Å². The fraction of sp³-hybridized carbons (Fsp3) is 0.571. The molecule has 0 spiro atoms. The first kappa shape index (κ1) is 13.2. The number of hydrogen-bond donors (Lipinski definition) is 1. The molecule has 1 N–H and O–H groups in total. The van der Waals surface area contributed by atoms with Crippen molar-refractivity contribution in [3.8, 4) is 11.5 Å². The van der Waals surface area contributed by atoms with E-state index in [0.29, 0.717) is 17.3 Å². The lowest BCUT2D eigenvalue weighted by atomic mass is 9.82. The van der Waals surface area contributed by atoms with Gasteiger partial charge in [-0.05, 0) is 32.4 Å². The van der Waals surface area contributed by atoms with Crippen LogP contribution in [0.1, 0.15) is 37.9 Å². The molecule has 106 valence electrons. The van der Waals surface area contributed by atoms with Crippen molar-refractivity contribution in [3.63, 3.8) is 0 Å². The molecule has 1 aliphatic heterocycles. The molecular weight excluding hydrogens is 254 g/mol. The van der Waals surface area contributed by atoms with E-state index in [1.165, 1.54) is 0 Å². The first-order valence-electron chi connectivity index (χ1n) is 7.08. The number of aryl methyl sites for hydroxylation is 1. The van der Waals surface area contributed by atoms with E-state index in [-0.39, 0.29) is 5.41 Å². The summed E-state index contributed by atoms with van der Waals surface area (Å²) in [6, 6.07) is 1.81. The molecule has 3 rings (SSSR count). The van der Waals surface area contributed by atoms with Crippen molar-refractivity contribution in [2.75, 3.05) is 13.1 Å². The van der Waals surface area contributed by atoms with E-state index >= 15 is 0 Å². The van der Waals surface area contributed by atoms with Gasteiger partial charge < -0.3 is 9.84 Å². The van der Waals surface area contributed by atoms with Crippen molar-refractivity contribution in [1.82, 2.24) is 25.4 Å². The molecule has 0 bridgehead atoms. The zero-order valence-electron chi connectivity index (χ0n) is 11.9. The molecule has 1 fully saturated rings. The smallest absolute Gasteiger partial charge is 0.234 e. The summed E-state index contributed by atoms with van der Waals surface area (Å²) in [4.78, 5) is 13.0. The lowest BCUT2D eigenvalue weighted by Crippen LogP contribution is -2.29. The average Bonchev–Trinajstić information content (AvgIpc) is 3.08. The Kier molecular flexibility index (Phi) is 3.48. The molecule has 2 aromatic rings. The average molecular weight is 273 g/mol. The quantitative estimate of drug-likeness (QED) is 0.916. The minimum atomic E-state index is -0.0118. The zero-order chi connectivity index (χ0) is 14.0. The van der Waals surface area contributed by atoms with Gasteiger partial charge in [0, 0.05) is 12.7 Å². The van der Waals surface area contributed by atoms with Crippen LogP contribution < -0.4 is 5.32 Å². The van der Waals surface area contributed by atoms with Crippen LogP contribution >= 0.6 is 0 Å². The van der Waals surface area contributed by atoms with Crippen molar-refractivity contribution >= 4 is 0 Å². The fourth-order valence-corrected chi connectivity index (χ4v) is 2.85. The maximum atomic E-state index is 5.54. The highest BCUT2D eigenvalue weighted by Crippen LogP contribution is 2.35. The van der Waals surface area contributed by atoms with Crippen molar-refractivity contribution in [1.29, 1.82) is 0 Å². The number of rotatable bonds is 4. The Labute approximate surface area is 118 Å². The van der Waals surface area contributed by atoms with Gasteiger partial charge in [-0.1, -0.05) is 18.5 Å². The Morgan fingerprint density at radius 1 is 1.40 bits per heavy atom. The van der Waals surface area contributed by atoms with Crippen LogP contribution in [0.5, 0.6) is 0 Å². The van der Waals surface area contributed by atoms with Crippen molar-refractivity contribution in [2.45, 2.75) is 38.5 Å². The molecule has 20 heavy (non-hydrogen) atoms. The Bertz CT molecular complexity index is 589. The first-order chi connectivity index (χ1) is 9.73. The van der Waals surface area contributed by atoms with Gasteiger partial charge in [-0.15, -0.1) is 0 Å². The maximum Gasteiger partial charge on any atom is 0.234 e. The van der Waals surface area contributed by atoms with E-state index in [2.05, 4.69) is 32.3 Å². The second-order valence-electron chi connectivity index (χ2n) is 5.37. The van der Waals surface area contributed by atoms with Gasteiger partial charge in [0.05, 0.1) is 5.41 Å². The largest absolute Gasteiger partial charge is 0.338 e. The summed E-state index contributed by atoms with van der Waals surface area (Å²) < 4.78 is 5.54. The van der Waals surface area contributed by atoms with E-state index in [1.54, 1.807) is 12.3 Å². The van der Waals surface area contributed by atoms with Gasteiger partial charge in [0.1, 0.15) is 11.5 Å². The first-order valence-corrected chi connectivity index (χ1v) is 7.08. The lowest BCUT2D eigenvalue weighted by molar-refractivity contribution is 0.277. The van der Waals surface area contributed by atoms with Crippen molar-refractivity contribution in [3.05, 3.63) is 24.0 Å². The lowest BCUT2D eigenvalue weighted by Gasteiger charge is -2.22. The molecule has 3 heterocycles. The third kappa shape index (κ3) is 2.31. The van der Waals surface area contributed by atoms with Crippen LogP contribution in [-0.4, -0.2) is 33.2 Å². The Hall–Kier alpha value is -1.82. The highest BCUT2D eigenvalue weighted by Gasteiger charge is 2.40. The molecule has 1 unspecified atom stereocenters. The molecule has 0 radical (unpaired) electrons. The Balaban J connectivity index is 1.93. The predicted octanol–water partition coefficient (Wildman–Crippen LogP) is 1.87. The van der Waals surface area contributed by atoms with Crippen molar-refractivity contribution < 1.29 is 4.52 Å². The van der Waals surface area contributed by atoms with Crippen LogP contribution in [0.4, 0.5) is 0 Å². The number of hydrogen-bond acceptors (Lipinski definition) is 6. The standard InChI is InChI=1S/C14H19N5O/c1-3-5-14(6-8-15-9-14)13-18-12(19-20-13)11-4-7-16-10(2)17-11/h4,7,15H,3,5-6,8-9H2,1-2H3. The molecule has 6 heteroatoms. The Morgan fingerprint density at radius 2 is 2.30 bits per heavy atom. The van der Waals surface area contributed by atoms with Crippen LogP contribution in [-0.2, 0) is 5.41 Å². The number of aromatic nitrogens is 4. The van der Waals surface area contributed by atoms with E-state index in [0.717, 1.165) is 38.2 Å². The van der Waals surface area contributed by atoms with Gasteiger partial charge >= 0.3 is 0 Å². The molecule has 6 nitrogen and oxygen atoms in total. The summed E-state index contributed by atoms with van der Waals surface area (Å²) in [7, 11) is 0.